The van der Waals surface area contributed by atoms with Crippen molar-refractivity contribution < 1.29 is 9.47 Å². The molecule has 13 rings (SSSR count). The maximum Gasteiger partial charge on any atom is 0.180 e. The summed E-state index contributed by atoms with van der Waals surface area (Å²) in [7, 11) is 0. The predicted octanol–water partition coefficient (Wildman–Crippen LogP) is 14.8. The fourth-order valence-corrected chi connectivity index (χ4v) is 12.2. The van der Waals surface area contributed by atoms with E-state index in [-0.39, 0.29) is 0 Å². The minimum atomic E-state index is 0.731. The van der Waals surface area contributed by atoms with E-state index in [1.165, 1.54) is 67.2 Å². The summed E-state index contributed by atoms with van der Waals surface area (Å²) in [5.74, 6) is 2.96. The van der Waals surface area contributed by atoms with Crippen molar-refractivity contribution >= 4 is 98.6 Å². The van der Waals surface area contributed by atoms with Crippen molar-refractivity contribution in [2.45, 2.75) is 19.6 Å². The van der Waals surface area contributed by atoms with E-state index >= 15 is 0 Å². The first-order chi connectivity index (χ1) is 27.2. The van der Waals surface area contributed by atoms with Gasteiger partial charge in [-0.05, 0) is 84.9 Å². The summed E-state index contributed by atoms with van der Waals surface area (Å²) in [6, 6.07) is 56.7. The lowest BCUT2D eigenvalue weighted by atomic mass is 10.1. The van der Waals surface area contributed by atoms with Crippen LogP contribution in [0.5, 0.6) is 23.0 Å². The third kappa shape index (κ3) is 4.26. The Bertz CT molecular complexity index is 3240. The number of thiophene rings is 1. The van der Waals surface area contributed by atoms with Crippen molar-refractivity contribution in [1.29, 1.82) is 0 Å². The Morgan fingerprint density at radius 2 is 0.945 bits per heavy atom. The standard InChI is InChI=1S/C48H26N2O2S3/c1-3-11-33-31(9-1)45-35(21-23-39-47(45)52-38-14-6-5-13-37(38)51-39)49(33)27-17-19-29-30-20-18-28(26-44(30)54-43(29)25-27)50-34-12-4-2-10-32(34)46-36(50)22-24-42-48(46)55-41-16-8-7-15-40(41)53-42/h1-26H. The van der Waals surface area contributed by atoms with Crippen LogP contribution < -0.4 is 9.47 Å². The van der Waals surface area contributed by atoms with Gasteiger partial charge >= 0.3 is 0 Å². The molecule has 0 saturated carbocycles. The summed E-state index contributed by atoms with van der Waals surface area (Å²) in [6.07, 6.45) is 0. The Labute approximate surface area is 327 Å². The molecule has 8 aromatic carbocycles. The number of hydrogen-bond donors (Lipinski definition) is 0. The molecule has 0 aliphatic carbocycles. The molecule has 0 spiro atoms. The monoisotopic (exact) mass is 758 g/mol. The number of ether oxygens (including phenoxy) is 2. The molecule has 55 heavy (non-hydrogen) atoms. The molecule has 0 fully saturated rings. The van der Waals surface area contributed by atoms with Gasteiger partial charge in [0, 0.05) is 67.3 Å². The minimum absolute atomic E-state index is 0.731. The highest BCUT2D eigenvalue weighted by molar-refractivity contribution is 8.05. The first-order valence-corrected chi connectivity index (χ1v) is 20.7. The van der Waals surface area contributed by atoms with E-state index in [1.807, 2.05) is 65.2 Å². The second kappa shape index (κ2) is 11.2. The van der Waals surface area contributed by atoms with Gasteiger partial charge in [0.25, 0.3) is 0 Å². The van der Waals surface area contributed by atoms with Crippen LogP contribution in [-0.2, 0) is 0 Å². The van der Waals surface area contributed by atoms with Crippen LogP contribution in [0.15, 0.2) is 177 Å². The Hall–Kier alpha value is -6.12. The van der Waals surface area contributed by atoms with Gasteiger partial charge in [-0.15, -0.1) is 11.3 Å². The van der Waals surface area contributed by atoms with E-state index < -0.39 is 0 Å². The van der Waals surface area contributed by atoms with Crippen LogP contribution in [-0.4, -0.2) is 9.13 Å². The van der Waals surface area contributed by atoms with E-state index in [2.05, 4.69) is 137 Å². The molecule has 0 unspecified atom stereocenters. The molecule has 0 atom stereocenters. The summed E-state index contributed by atoms with van der Waals surface area (Å²) in [5, 5.41) is 7.35. The lowest BCUT2D eigenvalue weighted by molar-refractivity contribution is 0.363. The van der Waals surface area contributed by atoms with Crippen LogP contribution in [0.3, 0.4) is 0 Å². The first-order valence-electron chi connectivity index (χ1n) is 18.2. The lowest BCUT2D eigenvalue weighted by Crippen LogP contribution is -1.99. The maximum absolute atomic E-state index is 6.55. The van der Waals surface area contributed by atoms with E-state index in [9.17, 15) is 0 Å². The third-order valence-electron chi connectivity index (χ3n) is 11.0. The van der Waals surface area contributed by atoms with Crippen molar-refractivity contribution in [2.24, 2.45) is 0 Å². The topological polar surface area (TPSA) is 28.3 Å². The van der Waals surface area contributed by atoms with Crippen LogP contribution in [0.4, 0.5) is 0 Å². The molecule has 11 aromatic rings. The number of fused-ring (bicyclic) bond motifs is 15. The highest BCUT2D eigenvalue weighted by Crippen LogP contribution is 2.54. The minimum Gasteiger partial charge on any atom is -0.449 e. The van der Waals surface area contributed by atoms with Crippen LogP contribution >= 0.6 is 34.9 Å². The van der Waals surface area contributed by atoms with Gasteiger partial charge in [0.15, 0.2) is 23.0 Å². The number of hydrogen-bond acceptors (Lipinski definition) is 5. The van der Waals surface area contributed by atoms with Crippen LogP contribution in [0.2, 0.25) is 0 Å². The fourth-order valence-electron chi connectivity index (χ4n) is 8.67. The molecule has 7 heteroatoms. The summed E-state index contributed by atoms with van der Waals surface area (Å²) in [5.41, 5.74) is 6.97. The molecule has 3 aromatic heterocycles. The van der Waals surface area contributed by atoms with Crippen molar-refractivity contribution in [2.75, 3.05) is 0 Å². The first kappa shape index (κ1) is 30.2. The van der Waals surface area contributed by atoms with E-state index in [0.717, 1.165) is 50.5 Å². The maximum atomic E-state index is 6.55. The summed E-state index contributed by atoms with van der Waals surface area (Å²) in [4.78, 5) is 5.32. The van der Waals surface area contributed by atoms with Gasteiger partial charge in [-0.1, -0.05) is 96.3 Å². The summed E-state index contributed by atoms with van der Waals surface area (Å²) < 4.78 is 20.2. The average molecular weight is 759 g/mol. The molecule has 0 bridgehead atoms. The Morgan fingerprint density at radius 3 is 1.65 bits per heavy atom. The van der Waals surface area contributed by atoms with Crippen molar-refractivity contribution in [3.8, 4) is 34.4 Å². The number of benzene rings is 8. The molecule has 0 radical (unpaired) electrons. The average Bonchev–Trinajstić information content (AvgIpc) is 3.89. The van der Waals surface area contributed by atoms with Gasteiger partial charge in [0.2, 0.25) is 0 Å². The van der Waals surface area contributed by atoms with E-state index in [0.29, 0.717) is 0 Å². The zero-order chi connectivity index (χ0) is 35.8. The van der Waals surface area contributed by atoms with Crippen molar-refractivity contribution in [3.63, 3.8) is 0 Å². The Morgan fingerprint density at radius 1 is 0.382 bits per heavy atom. The van der Waals surface area contributed by atoms with Gasteiger partial charge in [-0.2, -0.15) is 0 Å². The number of nitrogens with zero attached hydrogens (tertiary/aromatic N) is 2. The van der Waals surface area contributed by atoms with Gasteiger partial charge in [-0.25, -0.2) is 0 Å². The molecule has 0 saturated heterocycles. The van der Waals surface area contributed by atoms with E-state index in [1.54, 1.807) is 0 Å². The second-order valence-electron chi connectivity index (χ2n) is 14.0. The van der Waals surface area contributed by atoms with Crippen molar-refractivity contribution in [3.05, 3.63) is 158 Å². The normalized spacial score (nSPS) is 13.2. The number of aromatic nitrogens is 2. The SMILES string of the molecule is c1ccc2c(c1)Oc1ccc3c(c1O2)c1ccccc1n3-c1ccc2c(c1)sc1cc(-n3c4ccccc4c4c5c(ccc43)Sc3ccccc3S5)ccc12. The molecule has 258 valence electrons. The van der Waals surface area contributed by atoms with Gasteiger partial charge in [0.05, 0.1) is 27.5 Å². The number of rotatable bonds is 2. The molecule has 4 nitrogen and oxygen atoms in total. The lowest BCUT2D eigenvalue weighted by Gasteiger charge is -2.21. The van der Waals surface area contributed by atoms with E-state index in [4.69, 9.17) is 9.47 Å². The predicted molar refractivity (Wildman–Crippen MR) is 229 cm³/mol. The van der Waals surface area contributed by atoms with Gasteiger partial charge < -0.3 is 18.6 Å². The highest BCUT2D eigenvalue weighted by atomic mass is 32.2. The second-order valence-corrected chi connectivity index (χ2v) is 17.3. The number of para-hydroxylation sites is 4. The molecule has 2 aliphatic heterocycles. The Balaban J connectivity index is 0.967. The zero-order valence-corrected chi connectivity index (χ0v) is 31.4. The molecule has 0 amide bonds. The smallest absolute Gasteiger partial charge is 0.180 e. The highest BCUT2D eigenvalue weighted by Gasteiger charge is 2.26. The van der Waals surface area contributed by atoms with Crippen LogP contribution in [0.25, 0.3) is 75.2 Å². The molecular formula is C48H26N2O2S3. The van der Waals surface area contributed by atoms with Crippen LogP contribution in [0, 0.1) is 0 Å². The largest absolute Gasteiger partial charge is 0.449 e. The third-order valence-corrected chi connectivity index (χ3v) is 14.7. The van der Waals surface area contributed by atoms with Crippen LogP contribution in [0.1, 0.15) is 0 Å². The van der Waals surface area contributed by atoms with Gasteiger partial charge in [-0.3, -0.25) is 0 Å². The Kier molecular flexibility index (Phi) is 6.16. The summed E-state index contributed by atoms with van der Waals surface area (Å²) in [6.45, 7) is 0. The molecule has 5 heterocycles. The van der Waals surface area contributed by atoms with Gasteiger partial charge in [0.1, 0.15) is 0 Å². The quantitative estimate of drug-likeness (QED) is 0.176. The zero-order valence-electron chi connectivity index (χ0n) is 28.9. The molecule has 0 N–H and O–H groups in total. The molecular weight excluding hydrogens is 733 g/mol. The van der Waals surface area contributed by atoms with Crippen molar-refractivity contribution in [1.82, 2.24) is 9.13 Å². The summed E-state index contributed by atoms with van der Waals surface area (Å²) >= 11 is 5.63. The fraction of sp³-hybridized carbons (Fsp3) is 0. The molecule has 2 aliphatic rings.